The molecule has 0 saturated carbocycles. The second kappa shape index (κ2) is 14.4. The maximum Gasteiger partial charge on any atom is 0.138 e. The zero-order valence-electron chi connectivity index (χ0n) is 18.9. The predicted molar refractivity (Wildman–Crippen MR) is 130 cm³/mol. The molecule has 0 aliphatic heterocycles. The van der Waals surface area contributed by atoms with E-state index in [1.165, 1.54) is 6.07 Å². The molecule has 0 unspecified atom stereocenters. The third kappa shape index (κ3) is 10.0. The van der Waals surface area contributed by atoms with Gasteiger partial charge in [0.1, 0.15) is 17.2 Å². The van der Waals surface area contributed by atoms with Crippen molar-refractivity contribution in [1.82, 2.24) is 0 Å². The van der Waals surface area contributed by atoms with Crippen LogP contribution in [-0.2, 0) is 29.3 Å². The van der Waals surface area contributed by atoms with Gasteiger partial charge in [0.15, 0.2) is 0 Å². The molecule has 9 nitrogen and oxygen atoms in total. The summed E-state index contributed by atoms with van der Waals surface area (Å²) in [4.78, 5) is 0. The zero-order chi connectivity index (χ0) is 24.8. The highest BCUT2D eigenvalue weighted by atomic mass is 16.5. The Kier molecular flexibility index (Phi) is 12.0. The Morgan fingerprint density at radius 1 is 0.667 bits per heavy atom. The molecule has 9 heteroatoms. The monoisotopic (exact) mass is 459 g/mol. The predicted octanol–water partition coefficient (Wildman–Crippen LogP) is 3.10. The molecule has 3 aromatic rings. The number of aliphatic hydroxyl groups excluding tert-OH is 1. The first-order chi connectivity index (χ1) is 15.7. The van der Waals surface area contributed by atoms with Crippen molar-refractivity contribution in [3.8, 4) is 17.2 Å². The fraction of sp³-hybridized carbons (Fsp3) is 0.250. The number of ether oxygens (including phenoxy) is 2. The lowest BCUT2D eigenvalue weighted by atomic mass is 10.2. The molecule has 0 bridgehead atoms. The number of aromatic hydroxyl groups is 3. The Morgan fingerprint density at radius 2 is 1.06 bits per heavy atom. The average molecular weight is 460 g/mol. The van der Waals surface area contributed by atoms with Crippen molar-refractivity contribution >= 4 is 17.1 Å². The van der Waals surface area contributed by atoms with E-state index >= 15 is 0 Å². The number of hydrogen-bond donors (Lipinski definition) is 7. The minimum atomic E-state index is -0.0756. The van der Waals surface area contributed by atoms with Crippen LogP contribution in [0.2, 0.25) is 0 Å². The van der Waals surface area contributed by atoms with Crippen LogP contribution in [0.5, 0.6) is 17.2 Å². The van der Waals surface area contributed by atoms with Gasteiger partial charge in [0, 0.05) is 13.7 Å². The lowest BCUT2D eigenvalue weighted by Gasteiger charge is -2.03. The van der Waals surface area contributed by atoms with E-state index in [1.54, 1.807) is 43.5 Å². The molecule has 0 saturated heterocycles. The van der Waals surface area contributed by atoms with Gasteiger partial charge in [0.05, 0.1) is 36.9 Å². The van der Waals surface area contributed by atoms with Crippen LogP contribution in [0.1, 0.15) is 23.6 Å². The highest BCUT2D eigenvalue weighted by Crippen LogP contribution is 2.22. The zero-order valence-corrected chi connectivity index (χ0v) is 18.9. The van der Waals surface area contributed by atoms with Gasteiger partial charge < -0.3 is 47.1 Å². The van der Waals surface area contributed by atoms with E-state index in [0.29, 0.717) is 42.4 Å². The van der Waals surface area contributed by atoms with Gasteiger partial charge >= 0.3 is 0 Å². The molecule has 0 amide bonds. The number of rotatable bonds is 6. The average Bonchev–Trinajstić information content (AvgIpc) is 2.80. The highest BCUT2D eigenvalue weighted by Gasteiger charge is 1.99. The first kappa shape index (κ1) is 27.4. The van der Waals surface area contributed by atoms with Gasteiger partial charge in [-0.25, -0.2) is 0 Å². The van der Waals surface area contributed by atoms with E-state index in [-0.39, 0.29) is 23.9 Å². The number of phenols is 3. The Hall–Kier alpha value is -3.66. The minimum absolute atomic E-state index is 0.0200. The molecule has 0 radical (unpaired) electrons. The number of nitrogen functional groups attached to an aromatic ring is 3. The van der Waals surface area contributed by atoms with Crippen LogP contribution in [0.25, 0.3) is 0 Å². The maximum atomic E-state index is 9.22. The van der Waals surface area contributed by atoms with E-state index in [1.807, 2.05) is 19.1 Å². The van der Waals surface area contributed by atoms with Crippen LogP contribution in [0.4, 0.5) is 17.1 Å². The van der Waals surface area contributed by atoms with Crippen LogP contribution >= 0.6 is 0 Å². The van der Waals surface area contributed by atoms with Gasteiger partial charge in [0.25, 0.3) is 0 Å². The number of benzene rings is 3. The third-order valence-corrected chi connectivity index (χ3v) is 4.25. The van der Waals surface area contributed by atoms with Gasteiger partial charge in [0.2, 0.25) is 0 Å². The van der Waals surface area contributed by atoms with Crippen LogP contribution in [0, 0.1) is 0 Å². The third-order valence-electron chi connectivity index (χ3n) is 4.25. The summed E-state index contributed by atoms with van der Waals surface area (Å²) in [6, 6.07) is 14.9. The van der Waals surface area contributed by atoms with E-state index < -0.39 is 0 Å². The van der Waals surface area contributed by atoms with E-state index in [4.69, 9.17) is 42.0 Å². The SMILES string of the molecule is CCOCc1ccc(N)c(O)c1.COCc1ccc(N)c(O)c1.Nc1ccc(CO)cc1O. The van der Waals surface area contributed by atoms with Gasteiger partial charge in [-0.05, 0) is 60.0 Å². The lowest BCUT2D eigenvalue weighted by molar-refractivity contribution is 0.134. The van der Waals surface area contributed by atoms with Crippen LogP contribution in [0.15, 0.2) is 54.6 Å². The summed E-state index contributed by atoms with van der Waals surface area (Å²) in [5.41, 5.74) is 19.8. The van der Waals surface area contributed by atoms with Gasteiger partial charge in [-0.15, -0.1) is 0 Å². The van der Waals surface area contributed by atoms with E-state index in [0.717, 1.165) is 11.1 Å². The van der Waals surface area contributed by atoms with Gasteiger partial charge in [-0.2, -0.15) is 0 Å². The molecule has 180 valence electrons. The van der Waals surface area contributed by atoms with Gasteiger partial charge in [-0.1, -0.05) is 18.2 Å². The standard InChI is InChI=1S/C9H13NO2.C8H11NO2.C7H9NO2/c1-2-12-6-7-3-4-8(10)9(11)5-7;1-11-5-6-2-3-7(9)8(10)4-6;8-6-2-1-5(4-9)3-7(6)10/h3-5,11H,2,6,10H2,1H3;2-4,10H,5,9H2,1H3;1-3,9-10H,4,8H2. The molecule has 10 N–H and O–H groups in total. The molecule has 0 atom stereocenters. The van der Waals surface area contributed by atoms with Crippen LogP contribution in [-0.4, -0.2) is 34.1 Å². The number of aliphatic hydroxyl groups is 1. The first-order valence-corrected chi connectivity index (χ1v) is 10.1. The second-order valence-electron chi connectivity index (χ2n) is 6.91. The highest BCUT2D eigenvalue weighted by molar-refractivity contribution is 5.54. The summed E-state index contributed by atoms with van der Waals surface area (Å²) in [6.45, 7) is 3.54. The maximum absolute atomic E-state index is 9.22. The largest absolute Gasteiger partial charge is 0.506 e. The molecule has 0 fully saturated rings. The summed E-state index contributed by atoms with van der Waals surface area (Å²) >= 11 is 0. The summed E-state index contributed by atoms with van der Waals surface area (Å²) in [6.07, 6.45) is 0. The molecule has 0 aliphatic carbocycles. The molecular weight excluding hydrogens is 426 g/mol. The molecule has 33 heavy (non-hydrogen) atoms. The minimum Gasteiger partial charge on any atom is -0.506 e. The lowest BCUT2D eigenvalue weighted by Crippen LogP contribution is -1.93. The quantitative estimate of drug-likeness (QED) is 0.215. The van der Waals surface area contributed by atoms with Crippen molar-refractivity contribution < 1.29 is 29.9 Å². The Bertz CT molecular complexity index is 998. The molecule has 0 heterocycles. The number of hydrogen-bond acceptors (Lipinski definition) is 9. The second-order valence-corrected chi connectivity index (χ2v) is 6.91. The van der Waals surface area contributed by atoms with Gasteiger partial charge in [-0.3, -0.25) is 0 Å². The number of anilines is 3. The van der Waals surface area contributed by atoms with Crippen molar-refractivity contribution in [3.05, 3.63) is 71.3 Å². The Labute approximate surface area is 193 Å². The molecule has 3 rings (SSSR count). The first-order valence-electron chi connectivity index (χ1n) is 10.1. The van der Waals surface area contributed by atoms with Crippen molar-refractivity contribution in [1.29, 1.82) is 0 Å². The Balaban J connectivity index is 0.000000249. The normalized spacial score (nSPS) is 9.91. The molecule has 3 aromatic carbocycles. The number of nitrogens with two attached hydrogens (primary N) is 3. The smallest absolute Gasteiger partial charge is 0.138 e. The number of methoxy groups -OCH3 is 1. The molecule has 0 spiro atoms. The van der Waals surface area contributed by atoms with E-state index in [2.05, 4.69) is 0 Å². The van der Waals surface area contributed by atoms with Crippen molar-refractivity contribution in [3.63, 3.8) is 0 Å². The molecule has 0 aliphatic rings. The van der Waals surface area contributed by atoms with Crippen LogP contribution in [0.3, 0.4) is 0 Å². The van der Waals surface area contributed by atoms with E-state index in [9.17, 15) is 5.11 Å². The van der Waals surface area contributed by atoms with Crippen LogP contribution < -0.4 is 17.2 Å². The van der Waals surface area contributed by atoms with Crippen molar-refractivity contribution in [2.75, 3.05) is 30.9 Å². The summed E-state index contributed by atoms with van der Waals surface area (Å²) in [5.74, 6) is 0.248. The number of phenolic OH excluding ortho intramolecular Hbond substituents is 3. The van der Waals surface area contributed by atoms with Crippen molar-refractivity contribution in [2.24, 2.45) is 0 Å². The fourth-order valence-corrected chi connectivity index (χ4v) is 2.43. The summed E-state index contributed by atoms with van der Waals surface area (Å²) in [7, 11) is 1.60. The Morgan fingerprint density at radius 3 is 1.42 bits per heavy atom. The fourth-order valence-electron chi connectivity index (χ4n) is 2.43. The summed E-state index contributed by atoms with van der Waals surface area (Å²) < 4.78 is 10.0. The summed E-state index contributed by atoms with van der Waals surface area (Å²) in [5, 5.41) is 36.0. The van der Waals surface area contributed by atoms with Crippen molar-refractivity contribution in [2.45, 2.75) is 26.7 Å². The topological polar surface area (TPSA) is 177 Å². The molecule has 0 aromatic heterocycles. The molecular formula is C24H33N3O6.